The second-order valence-electron chi connectivity index (χ2n) is 9.81. The van der Waals surface area contributed by atoms with Crippen molar-refractivity contribution >= 4 is 89.0 Å². The van der Waals surface area contributed by atoms with Crippen LogP contribution in [0.3, 0.4) is 0 Å². The number of furan rings is 1. The van der Waals surface area contributed by atoms with Crippen LogP contribution in [0.4, 0.5) is 5.69 Å². The average Bonchev–Trinajstić information content (AvgIpc) is 3.55. The van der Waals surface area contributed by atoms with E-state index in [9.17, 15) is 23.1 Å². The molecule has 0 aliphatic heterocycles. The number of carbonyl (C=O) groups is 2. The van der Waals surface area contributed by atoms with Gasteiger partial charge in [0.05, 0.1) is 31.5 Å². The molecule has 2 aromatic heterocycles. The third-order valence-corrected chi connectivity index (χ3v) is 11.1. The molecule has 2 heterocycles. The quantitative estimate of drug-likeness (QED) is 0.154. The van der Waals surface area contributed by atoms with E-state index in [-0.39, 0.29) is 41.8 Å². The largest absolute Gasteiger partial charge is 0.475 e. The number of benzene rings is 3. The molecule has 228 valence electrons. The van der Waals surface area contributed by atoms with Gasteiger partial charge in [0, 0.05) is 33.9 Å². The number of rotatable bonds is 10. The lowest BCUT2D eigenvalue weighted by Crippen LogP contribution is -2.34. The van der Waals surface area contributed by atoms with Crippen LogP contribution in [-0.4, -0.2) is 36.8 Å². The Morgan fingerprint density at radius 1 is 1.00 bits per heavy atom. The summed E-state index contributed by atoms with van der Waals surface area (Å²) in [6.45, 7) is 3.61. The van der Waals surface area contributed by atoms with Gasteiger partial charge in [-0.3, -0.25) is 9.10 Å². The lowest BCUT2D eigenvalue weighted by atomic mass is 10.1. The van der Waals surface area contributed by atoms with Gasteiger partial charge in [0.2, 0.25) is 5.76 Å². The Hall–Kier alpha value is -3.35. The molecular formula is C31H25BrCl2N2O6S2. The first-order chi connectivity index (χ1) is 20.9. The molecule has 5 aromatic rings. The van der Waals surface area contributed by atoms with E-state index >= 15 is 0 Å². The highest BCUT2D eigenvalue weighted by Crippen LogP contribution is 2.34. The Morgan fingerprint density at radius 2 is 1.75 bits per heavy atom. The van der Waals surface area contributed by atoms with E-state index in [1.165, 1.54) is 33.8 Å². The molecule has 8 nitrogen and oxygen atoms in total. The number of hydrogen-bond donors (Lipinski definition) is 1. The molecule has 0 aliphatic carbocycles. The number of aromatic carboxylic acids is 1. The van der Waals surface area contributed by atoms with Crippen molar-refractivity contribution in [1.29, 1.82) is 0 Å². The summed E-state index contributed by atoms with van der Waals surface area (Å²) < 4.78 is 35.8. The van der Waals surface area contributed by atoms with Gasteiger partial charge < -0.3 is 14.4 Å². The monoisotopic (exact) mass is 734 g/mol. The first-order valence-electron chi connectivity index (χ1n) is 13.3. The third kappa shape index (κ3) is 6.38. The van der Waals surface area contributed by atoms with Gasteiger partial charge >= 0.3 is 5.97 Å². The fraction of sp³-hybridized carbons (Fsp3) is 0.161. The van der Waals surface area contributed by atoms with Crippen LogP contribution in [0.5, 0.6) is 0 Å². The van der Waals surface area contributed by atoms with E-state index in [1.807, 2.05) is 12.1 Å². The molecule has 0 fully saturated rings. The second-order valence-corrected chi connectivity index (χ2v) is 15.1. The van der Waals surface area contributed by atoms with E-state index < -0.39 is 16.0 Å². The van der Waals surface area contributed by atoms with E-state index in [1.54, 1.807) is 61.2 Å². The maximum absolute atomic E-state index is 14.1. The molecule has 0 bridgehead atoms. The molecule has 3 aromatic carbocycles. The lowest BCUT2D eigenvalue weighted by molar-refractivity contribution is 0.0663. The summed E-state index contributed by atoms with van der Waals surface area (Å²) in [6.07, 6.45) is 0. The zero-order chi connectivity index (χ0) is 31.8. The van der Waals surface area contributed by atoms with Crippen LogP contribution < -0.4 is 4.31 Å². The Kier molecular flexibility index (Phi) is 9.43. The number of halogens is 3. The van der Waals surface area contributed by atoms with Crippen molar-refractivity contribution in [2.75, 3.05) is 10.8 Å². The van der Waals surface area contributed by atoms with Crippen LogP contribution in [-0.2, 0) is 23.1 Å². The van der Waals surface area contributed by atoms with Crippen LogP contribution in [0.1, 0.15) is 43.8 Å². The van der Waals surface area contributed by atoms with Crippen LogP contribution in [0.25, 0.3) is 11.0 Å². The number of sulfonamides is 1. The third-order valence-electron chi connectivity index (χ3n) is 7.02. The van der Waals surface area contributed by atoms with Gasteiger partial charge in [0.15, 0.2) is 0 Å². The fourth-order valence-electron chi connectivity index (χ4n) is 4.92. The minimum Gasteiger partial charge on any atom is -0.475 e. The summed E-state index contributed by atoms with van der Waals surface area (Å²) in [5.74, 6) is -1.81. The van der Waals surface area contributed by atoms with Gasteiger partial charge in [-0.15, -0.1) is 11.3 Å². The van der Waals surface area contributed by atoms with E-state index in [0.717, 1.165) is 8.66 Å². The molecule has 5 rings (SSSR count). The second kappa shape index (κ2) is 12.9. The van der Waals surface area contributed by atoms with Crippen LogP contribution in [0, 0.1) is 6.92 Å². The van der Waals surface area contributed by atoms with Gasteiger partial charge in [-0.25, -0.2) is 13.2 Å². The zero-order valence-corrected chi connectivity index (χ0v) is 28.1. The molecule has 13 heteroatoms. The Morgan fingerprint density at radius 3 is 2.41 bits per heavy atom. The number of carbonyl (C=O) groups excluding carboxylic acids is 1. The highest BCUT2D eigenvalue weighted by Gasteiger charge is 2.29. The normalized spacial score (nSPS) is 11.6. The Labute approximate surface area is 276 Å². The van der Waals surface area contributed by atoms with Crippen molar-refractivity contribution in [2.24, 2.45) is 0 Å². The van der Waals surface area contributed by atoms with Crippen molar-refractivity contribution in [2.45, 2.75) is 31.8 Å². The standard InChI is InChI=1S/C31H25BrCl2N2O6S2/c1-3-36(44(40,41)22-10-12-27-24(15-22)18(2)29(42-27)31(38)39)26-11-8-20(33)14-19(26)16-35(17-21-9-13-28(32)43-21)30(37)23-6-4-5-7-25(23)34/h4-15H,3,16-17H2,1-2H3,(H,38,39). The van der Waals surface area contributed by atoms with Gasteiger partial charge in [-0.1, -0.05) is 35.3 Å². The van der Waals surface area contributed by atoms with E-state index in [4.69, 9.17) is 27.6 Å². The maximum Gasteiger partial charge on any atom is 0.372 e. The van der Waals surface area contributed by atoms with Crippen molar-refractivity contribution < 1.29 is 27.5 Å². The zero-order valence-electron chi connectivity index (χ0n) is 23.4. The average molecular weight is 736 g/mol. The predicted molar refractivity (Wildman–Crippen MR) is 177 cm³/mol. The summed E-state index contributed by atoms with van der Waals surface area (Å²) in [5.41, 5.74) is 1.76. The highest BCUT2D eigenvalue weighted by atomic mass is 79.9. The number of carboxylic acid groups (broad SMARTS) is 1. The van der Waals surface area contributed by atoms with E-state index in [0.29, 0.717) is 37.8 Å². The van der Waals surface area contributed by atoms with Crippen molar-refractivity contribution in [1.82, 2.24) is 4.90 Å². The number of carboxylic acids is 1. The Bertz CT molecular complexity index is 2010. The molecule has 0 atom stereocenters. The van der Waals surface area contributed by atoms with Crippen LogP contribution in [0.2, 0.25) is 10.0 Å². The summed E-state index contributed by atoms with van der Waals surface area (Å²) in [5, 5.41) is 10.5. The molecule has 0 saturated heterocycles. The maximum atomic E-state index is 14.1. The van der Waals surface area contributed by atoms with Gasteiger partial charge in [0.1, 0.15) is 5.58 Å². The molecule has 1 N–H and O–H groups in total. The minimum absolute atomic E-state index is 0.0311. The molecule has 0 spiro atoms. The van der Waals surface area contributed by atoms with Crippen LogP contribution in [0.15, 0.2) is 85.9 Å². The summed E-state index contributed by atoms with van der Waals surface area (Å²) in [7, 11) is -4.16. The number of nitrogens with zero attached hydrogens (tertiary/aromatic N) is 2. The summed E-state index contributed by atoms with van der Waals surface area (Å²) >= 11 is 17.8. The lowest BCUT2D eigenvalue weighted by Gasteiger charge is -2.29. The van der Waals surface area contributed by atoms with Crippen molar-refractivity contribution in [3.63, 3.8) is 0 Å². The topological polar surface area (TPSA) is 108 Å². The molecule has 44 heavy (non-hydrogen) atoms. The minimum atomic E-state index is -4.16. The molecule has 0 radical (unpaired) electrons. The SMILES string of the molecule is CCN(c1ccc(Cl)cc1CN(Cc1ccc(Br)s1)C(=O)c1ccccc1Cl)S(=O)(=O)c1ccc2oc(C(=O)O)c(C)c2c1. The number of amides is 1. The summed E-state index contributed by atoms with van der Waals surface area (Å²) in [6, 6.07) is 19.7. The molecule has 0 aliphatic rings. The number of fused-ring (bicyclic) bond motifs is 1. The number of hydrogen-bond acceptors (Lipinski definition) is 6. The smallest absolute Gasteiger partial charge is 0.372 e. The first-order valence-corrected chi connectivity index (χ1v) is 17.1. The first kappa shape index (κ1) is 32.1. The summed E-state index contributed by atoms with van der Waals surface area (Å²) in [4.78, 5) is 27.9. The van der Waals surface area contributed by atoms with Gasteiger partial charge in [0.25, 0.3) is 15.9 Å². The van der Waals surface area contributed by atoms with E-state index in [2.05, 4.69) is 15.9 Å². The van der Waals surface area contributed by atoms with Gasteiger partial charge in [-0.05, 0) is 96.0 Å². The van der Waals surface area contributed by atoms with Crippen molar-refractivity contribution in [3.8, 4) is 0 Å². The molecular weight excluding hydrogens is 711 g/mol. The predicted octanol–water partition coefficient (Wildman–Crippen LogP) is 8.63. The Balaban J connectivity index is 1.57. The van der Waals surface area contributed by atoms with Crippen LogP contribution >= 0.6 is 50.5 Å². The van der Waals surface area contributed by atoms with Gasteiger partial charge in [-0.2, -0.15) is 0 Å². The highest BCUT2D eigenvalue weighted by molar-refractivity contribution is 9.11. The van der Waals surface area contributed by atoms with Crippen molar-refractivity contribution in [3.05, 3.63) is 114 Å². The number of aryl methyl sites for hydroxylation is 1. The number of anilines is 1. The number of thiophene rings is 1. The molecule has 0 unspecified atom stereocenters. The molecule has 1 amide bonds. The molecule has 0 saturated carbocycles. The fourth-order valence-corrected chi connectivity index (χ4v) is 8.37.